The number of nitrogens with zero attached hydrogens (tertiary/aromatic N) is 3. The summed E-state index contributed by atoms with van der Waals surface area (Å²) in [5.74, 6) is 1.73. The largest absolute Gasteiger partial charge is 0.368 e. The van der Waals surface area contributed by atoms with Gasteiger partial charge in [0.15, 0.2) is 0 Å². The first kappa shape index (κ1) is 11.6. The third-order valence-corrected chi connectivity index (χ3v) is 5.05. The zero-order valence-electron chi connectivity index (χ0n) is 8.54. The summed E-state index contributed by atoms with van der Waals surface area (Å²) in [6, 6.07) is 0. The van der Waals surface area contributed by atoms with E-state index in [1.54, 1.807) is 11.8 Å². The predicted octanol–water partition coefficient (Wildman–Crippen LogP) is -0.204. The van der Waals surface area contributed by atoms with Crippen molar-refractivity contribution in [2.24, 2.45) is 0 Å². The van der Waals surface area contributed by atoms with Crippen molar-refractivity contribution in [3.63, 3.8) is 0 Å². The fourth-order valence-electron chi connectivity index (χ4n) is 1.40. The standard InChI is InChI=1S/C8H12N4O2S2/c9-8-10-5-7(6-11-8)16(13,14)12-1-3-15-4-2-12/h5-6H,1-4H2,(H2,9,10,11). The van der Waals surface area contributed by atoms with Crippen molar-refractivity contribution in [3.05, 3.63) is 12.4 Å². The van der Waals surface area contributed by atoms with Crippen LogP contribution >= 0.6 is 11.8 Å². The Bertz CT molecular complexity index is 453. The van der Waals surface area contributed by atoms with Crippen molar-refractivity contribution in [1.82, 2.24) is 14.3 Å². The van der Waals surface area contributed by atoms with E-state index in [0.29, 0.717) is 13.1 Å². The van der Waals surface area contributed by atoms with Crippen LogP contribution in [0, 0.1) is 0 Å². The summed E-state index contributed by atoms with van der Waals surface area (Å²) in [5, 5.41) is 0. The van der Waals surface area contributed by atoms with Gasteiger partial charge in [-0.2, -0.15) is 16.1 Å². The van der Waals surface area contributed by atoms with Gasteiger partial charge < -0.3 is 5.73 Å². The predicted molar refractivity (Wildman–Crippen MR) is 62.5 cm³/mol. The topological polar surface area (TPSA) is 89.2 Å². The van der Waals surface area contributed by atoms with Crippen LogP contribution in [0.4, 0.5) is 5.95 Å². The molecule has 0 atom stereocenters. The molecule has 2 heterocycles. The zero-order chi connectivity index (χ0) is 11.6. The van der Waals surface area contributed by atoms with Crippen molar-refractivity contribution in [1.29, 1.82) is 0 Å². The van der Waals surface area contributed by atoms with Gasteiger partial charge in [0.2, 0.25) is 16.0 Å². The van der Waals surface area contributed by atoms with Gasteiger partial charge in [0.1, 0.15) is 4.90 Å². The highest BCUT2D eigenvalue weighted by Crippen LogP contribution is 2.18. The highest BCUT2D eigenvalue weighted by Gasteiger charge is 2.26. The van der Waals surface area contributed by atoms with Gasteiger partial charge in [-0.25, -0.2) is 18.4 Å². The summed E-state index contributed by atoms with van der Waals surface area (Å²) >= 11 is 1.76. The fourth-order valence-corrected chi connectivity index (χ4v) is 3.86. The maximum atomic E-state index is 12.1. The Labute approximate surface area is 98.3 Å². The van der Waals surface area contributed by atoms with E-state index in [1.807, 2.05) is 0 Å². The number of nitrogen functional groups attached to an aromatic ring is 1. The zero-order valence-corrected chi connectivity index (χ0v) is 10.2. The van der Waals surface area contributed by atoms with Crippen molar-refractivity contribution >= 4 is 27.7 Å². The lowest BCUT2D eigenvalue weighted by molar-refractivity contribution is 0.443. The lowest BCUT2D eigenvalue weighted by Gasteiger charge is -2.25. The quantitative estimate of drug-likeness (QED) is 0.792. The molecule has 2 N–H and O–H groups in total. The molecule has 1 fully saturated rings. The molecule has 1 aliphatic rings. The van der Waals surface area contributed by atoms with Gasteiger partial charge in [-0.05, 0) is 0 Å². The third-order valence-electron chi connectivity index (χ3n) is 2.26. The SMILES string of the molecule is Nc1ncc(S(=O)(=O)N2CCSCC2)cn1. The first-order valence-corrected chi connectivity index (χ1v) is 7.35. The highest BCUT2D eigenvalue weighted by molar-refractivity contribution is 7.99. The molecule has 1 saturated heterocycles. The average molecular weight is 260 g/mol. The van der Waals surface area contributed by atoms with Gasteiger partial charge in [0, 0.05) is 24.6 Å². The summed E-state index contributed by atoms with van der Waals surface area (Å²) in [4.78, 5) is 7.50. The second kappa shape index (κ2) is 4.56. The number of thioether (sulfide) groups is 1. The number of sulfonamides is 1. The van der Waals surface area contributed by atoms with E-state index >= 15 is 0 Å². The Balaban J connectivity index is 2.27. The molecule has 0 radical (unpaired) electrons. The summed E-state index contributed by atoms with van der Waals surface area (Å²) in [6.45, 7) is 1.08. The van der Waals surface area contributed by atoms with Crippen LogP contribution in [0.5, 0.6) is 0 Å². The van der Waals surface area contributed by atoms with Gasteiger partial charge in [-0.1, -0.05) is 0 Å². The minimum absolute atomic E-state index is 0.0770. The summed E-state index contributed by atoms with van der Waals surface area (Å²) in [6.07, 6.45) is 2.50. The molecule has 0 spiro atoms. The van der Waals surface area contributed by atoms with Gasteiger partial charge in [-0.3, -0.25) is 0 Å². The molecule has 0 unspecified atom stereocenters. The second-order valence-electron chi connectivity index (χ2n) is 3.29. The first-order valence-electron chi connectivity index (χ1n) is 4.76. The van der Waals surface area contributed by atoms with Gasteiger partial charge >= 0.3 is 0 Å². The smallest absolute Gasteiger partial charge is 0.246 e. The third kappa shape index (κ3) is 2.28. The van der Waals surface area contributed by atoms with Crippen LogP contribution in [-0.2, 0) is 10.0 Å². The van der Waals surface area contributed by atoms with Crippen molar-refractivity contribution < 1.29 is 8.42 Å². The number of anilines is 1. The van der Waals surface area contributed by atoms with Crippen LogP contribution < -0.4 is 5.73 Å². The molecule has 8 heteroatoms. The molecule has 0 bridgehead atoms. The van der Waals surface area contributed by atoms with Gasteiger partial charge in [0.05, 0.1) is 12.4 Å². The Morgan fingerprint density at radius 3 is 2.38 bits per heavy atom. The van der Waals surface area contributed by atoms with E-state index in [9.17, 15) is 8.42 Å². The van der Waals surface area contributed by atoms with Crippen molar-refractivity contribution in [2.75, 3.05) is 30.3 Å². The molecule has 1 aromatic heterocycles. The minimum atomic E-state index is -3.44. The maximum absolute atomic E-state index is 12.1. The second-order valence-corrected chi connectivity index (χ2v) is 6.46. The molecular weight excluding hydrogens is 248 g/mol. The number of hydrogen-bond acceptors (Lipinski definition) is 6. The Morgan fingerprint density at radius 2 is 1.81 bits per heavy atom. The Hall–Kier alpha value is -0.860. The van der Waals surface area contributed by atoms with E-state index in [0.717, 1.165) is 11.5 Å². The number of aromatic nitrogens is 2. The molecule has 1 aromatic rings. The van der Waals surface area contributed by atoms with Crippen LogP contribution in [0.25, 0.3) is 0 Å². The Morgan fingerprint density at radius 1 is 1.25 bits per heavy atom. The van der Waals surface area contributed by atoms with Crippen LogP contribution in [0.2, 0.25) is 0 Å². The average Bonchev–Trinajstić information content (AvgIpc) is 2.31. The first-order chi connectivity index (χ1) is 7.60. The molecule has 2 rings (SSSR count). The molecule has 0 aromatic carbocycles. The molecule has 1 aliphatic heterocycles. The highest BCUT2D eigenvalue weighted by atomic mass is 32.2. The van der Waals surface area contributed by atoms with Crippen molar-refractivity contribution in [2.45, 2.75) is 4.90 Å². The molecule has 88 valence electrons. The molecule has 6 nitrogen and oxygen atoms in total. The van der Waals surface area contributed by atoms with Gasteiger partial charge in [0.25, 0.3) is 0 Å². The van der Waals surface area contributed by atoms with Crippen LogP contribution in [0.15, 0.2) is 17.3 Å². The van der Waals surface area contributed by atoms with Crippen LogP contribution in [0.3, 0.4) is 0 Å². The minimum Gasteiger partial charge on any atom is -0.368 e. The summed E-state index contributed by atoms with van der Waals surface area (Å²) in [7, 11) is -3.44. The summed E-state index contributed by atoms with van der Waals surface area (Å²) < 4.78 is 25.6. The van der Waals surface area contributed by atoms with E-state index in [2.05, 4.69) is 9.97 Å². The molecule has 0 aliphatic carbocycles. The van der Waals surface area contributed by atoms with Crippen LogP contribution in [-0.4, -0.2) is 47.3 Å². The van der Waals surface area contributed by atoms with E-state index in [1.165, 1.54) is 16.7 Å². The summed E-state index contributed by atoms with van der Waals surface area (Å²) in [5.41, 5.74) is 5.31. The Kier molecular flexibility index (Phi) is 3.31. The maximum Gasteiger partial charge on any atom is 0.246 e. The van der Waals surface area contributed by atoms with Crippen molar-refractivity contribution in [3.8, 4) is 0 Å². The molecule has 16 heavy (non-hydrogen) atoms. The normalized spacial score (nSPS) is 18.5. The van der Waals surface area contributed by atoms with E-state index in [-0.39, 0.29) is 10.8 Å². The van der Waals surface area contributed by atoms with E-state index < -0.39 is 10.0 Å². The molecular formula is C8H12N4O2S2. The number of hydrogen-bond donors (Lipinski definition) is 1. The lowest BCUT2D eigenvalue weighted by atomic mass is 10.6. The molecule has 0 amide bonds. The van der Waals surface area contributed by atoms with Gasteiger partial charge in [-0.15, -0.1) is 0 Å². The lowest BCUT2D eigenvalue weighted by Crippen LogP contribution is -2.37. The number of rotatable bonds is 2. The van der Waals surface area contributed by atoms with E-state index in [4.69, 9.17) is 5.73 Å². The monoisotopic (exact) mass is 260 g/mol. The molecule has 0 saturated carbocycles. The number of nitrogens with two attached hydrogens (primary N) is 1. The van der Waals surface area contributed by atoms with Crippen LogP contribution in [0.1, 0.15) is 0 Å². The fraction of sp³-hybridized carbons (Fsp3) is 0.500.